The number of benzene rings is 3. The zero-order valence-electron chi connectivity index (χ0n) is 12.5. The van der Waals surface area contributed by atoms with Gasteiger partial charge in [0, 0.05) is 5.75 Å². The Morgan fingerprint density at radius 2 is 1.57 bits per heavy atom. The number of fused-ring (bicyclic) bond motifs is 1. The fourth-order valence-electron chi connectivity index (χ4n) is 2.80. The maximum absolute atomic E-state index is 12.1. The predicted octanol–water partition coefficient (Wildman–Crippen LogP) is 4.93. The molecule has 23 heavy (non-hydrogen) atoms. The molecule has 1 heterocycles. The number of nitrogens with zero attached hydrogens (tertiary/aromatic N) is 1. The molecule has 3 heteroatoms. The number of rotatable bonds is 4. The fourth-order valence-corrected chi connectivity index (χ4v) is 3.82. The second-order valence-electron chi connectivity index (χ2n) is 5.47. The molecule has 0 bridgehead atoms. The number of hydrogen-bond donors (Lipinski definition) is 0. The van der Waals surface area contributed by atoms with Crippen molar-refractivity contribution in [1.82, 2.24) is 0 Å². The monoisotopic (exact) mass is 317 g/mol. The summed E-state index contributed by atoms with van der Waals surface area (Å²) in [6.45, 7) is 0. The molecular formula is C20H15NOS. The van der Waals surface area contributed by atoms with E-state index < -0.39 is 0 Å². The van der Waals surface area contributed by atoms with E-state index in [-0.39, 0.29) is 0 Å². The molecule has 0 N–H and O–H groups in total. The van der Waals surface area contributed by atoms with Crippen molar-refractivity contribution in [1.29, 1.82) is 0 Å². The summed E-state index contributed by atoms with van der Waals surface area (Å²) in [5.74, 6) is 0.870. The van der Waals surface area contributed by atoms with Crippen molar-refractivity contribution in [2.45, 2.75) is 5.75 Å². The van der Waals surface area contributed by atoms with Gasteiger partial charge in [0.25, 0.3) is 0 Å². The lowest BCUT2D eigenvalue weighted by Gasteiger charge is -2.18. The van der Waals surface area contributed by atoms with Crippen molar-refractivity contribution in [2.24, 2.45) is 0 Å². The van der Waals surface area contributed by atoms with Crippen LogP contribution in [0.5, 0.6) is 0 Å². The SMILES string of the molecule is [O-][N+]1=C(c2cccc3ccccc23)C(SCc2ccccc2)=C1. The first-order chi connectivity index (χ1) is 11.3. The lowest BCUT2D eigenvalue weighted by atomic mass is 9.99. The van der Waals surface area contributed by atoms with Crippen molar-refractivity contribution in [3.8, 4) is 0 Å². The van der Waals surface area contributed by atoms with Gasteiger partial charge >= 0.3 is 0 Å². The van der Waals surface area contributed by atoms with Gasteiger partial charge in [0.05, 0.1) is 5.56 Å². The quantitative estimate of drug-likeness (QED) is 0.504. The topological polar surface area (TPSA) is 26.1 Å². The van der Waals surface area contributed by atoms with E-state index in [1.54, 1.807) is 18.0 Å². The largest absolute Gasteiger partial charge is 0.618 e. The molecule has 0 atom stereocenters. The Labute approximate surface area is 139 Å². The van der Waals surface area contributed by atoms with Gasteiger partial charge in [-0.05, 0) is 22.4 Å². The summed E-state index contributed by atoms with van der Waals surface area (Å²) < 4.78 is 0.981. The van der Waals surface area contributed by atoms with Crippen LogP contribution in [0, 0.1) is 5.21 Å². The minimum absolute atomic E-state index is 0.780. The highest BCUT2D eigenvalue weighted by Gasteiger charge is 2.29. The Kier molecular flexibility index (Phi) is 3.64. The maximum atomic E-state index is 12.1. The van der Waals surface area contributed by atoms with Crippen LogP contribution in [0.2, 0.25) is 0 Å². The first-order valence-electron chi connectivity index (χ1n) is 7.53. The van der Waals surface area contributed by atoms with Gasteiger partial charge in [0.2, 0.25) is 11.9 Å². The molecule has 3 aromatic carbocycles. The number of hydroxylamine groups is 1. The van der Waals surface area contributed by atoms with Gasteiger partial charge in [-0.3, -0.25) is 0 Å². The van der Waals surface area contributed by atoms with Gasteiger partial charge in [0.15, 0.2) is 0 Å². The third-order valence-corrected chi connectivity index (χ3v) is 5.06. The van der Waals surface area contributed by atoms with Crippen molar-refractivity contribution in [3.05, 3.63) is 100 Å². The van der Waals surface area contributed by atoms with E-state index in [1.165, 1.54) is 5.56 Å². The molecule has 1 aliphatic heterocycles. The zero-order valence-corrected chi connectivity index (χ0v) is 13.3. The first-order valence-corrected chi connectivity index (χ1v) is 8.52. The summed E-state index contributed by atoms with van der Waals surface area (Å²) in [4.78, 5) is 1.06. The van der Waals surface area contributed by atoms with Gasteiger partial charge in [-0.2, -0.15) is 4.74 Å². The van der Waals surface area contributed by atoms with Gasteiger partial charge in [-0.15, -0.1) is 11.8 Å². The van der Waals surface area contributed by atoms with Crippen LogP contribution < -0.4 is 0 Å². The minimum atomic E-state index is 0.780. The highest BCUT2D eigenvalue weighted by Crippen LogP contribution is 2.32. The van der Waals surface area contributed by atoms with Crippen LogP contribution in [0.3, 0.4) is 0 Å². The van der Waals surface area contributed by atoms with E-state index in [9.17, 15) is 5.21 Å². The van der Waals surface area contributed by atoms with Crippen LogP contribution in [0.1, 0.15) is 11.1 Å². The Morgan fingerprint density at radius 1 is 0.826 bits per heavy atom. The van der Waals surface area contributed by atoms with Crippen LogP contribution in [-0.2, 0) is 5.75 Å². The molecule has 0 aliphatic carbocycles. The van der Waals surface area contributed by atoms with Crippen molar-refractivity contribution >= 4 is 28.2 Å². The van der Waals surface area contributed by atoms with Crippen LogP contribution in [-0.4, -0.2) is 10.5 Å². The predicted molar refractivity (Wildman–Crippen MR) is 97.5 cm³/mol. The summed E-state index contributed by atoms with van der Waals surface area (Å²) in [5, 5.41) is 14.4. The third kappa shape index (κ3) is 2.64. The second kappa shape index (κ2) is 5.94. The maximum Gasteiger partial charge on any atom is 0.244 e. The van der Waals surface area contributed by atoms with Gasteiger partial charge in [-0.25, -0.2) is 0 Å². The molecule has 0 saturated carbocycles. The average Bonchev–Trinajstić information content (AvgIpc) is 2.59. The first kappa shape index (κ1) is 14.1. The zero-order chi connectivity index (χ0) is 15.6. The van der Waals surface area contributed by atoms with Crippen LogP contribution in [0.25, 0.3) is 10.8 Å². The smallest absolute Gasteiger partial charge is 0.244 e. The third-order valence-electron chi connectivity index (χ3n) is 3.97. The number of hydrogen-bond acceptors (Lipinski definition) is 2. The van der Waals surface area contributed by atoms with Gasteiger partial charge < -0.3 is 5.21 Å². The van der Waals surface area contributed by atoms with Crippen molar-refractivity contribution in [2.75, 3.05) is 0 Å². The Balaban J connectivity index is 1.62. The van der Waals surface area contributed by atoms with E-state index in [0.29, 0.717) is 0 Å². The van der Waals surface area contributed by atoms with E-state index >= 15 is 0 Å². The summed E-state index contributed by atoms with van der Waals surface area (Å²) in [6.07, 6.45) is 1.67. The second-order valence-corrected chi connectivity index (χ2v) is 6.49. The number of thioether (sulfide) groups is 1. The van der Waals surface area contributed by atoms with Crippen LogP contribution in [0.4, 0.5) is 0 Å². The fraction of sp³-hybridized carbons (Fsp3) is 0.0500. The standard InChI is InChI=1S/C20H15NOS/c22-21-13-19(23-14-15-7-2-1-3-8-15)20(21)18-12-6-10-16-9-4-5-11-17(16)18/h1-13H,14H2. The molecule has 0 spiro atoms. The molecule has 0 amide bonds. The average molecular weight is 317 g/mol. The Bertz CT molecular complexity index is 923. The van der Waals surface area contributed by atoms with Crippen LogP contribution in [0.15, 0.2) is 83.9 Å². The van der Waals surface area contributed by atoms with E-state index in [2.05, 4.69) is 30.3 Å². The van der Waals surface area contributed by atoms with Crippen LogP contribution >= 0.6 is 11.8 Å². The molecule has 0 aromatic heterocycles. The Morgan fingerprint density at radius 3 is 2.39 bits per heavy atom. The molecule has 2 nitrogen and oxygen atoms in total. The normalized spacial score (nSPS) is 13.8. The molecule has 0 radical (unpaired) electrons. The highest BCUT2D eigenvalue weighted by atomic mass is 32.2. The Hall–Kier alpha value is -2.52. The molecule has 112 valence electrons. The summed E-state index contributed by atoms with van der Waals surface area (Å²) >= 11 is 1.71. The summed E-state index contributed by atoms with van der Waals surface area (Å²) in [5.41, 5.74) is 3.05. The summed E-state index contributed by atoms with van der Waals surface area (Å²) in [7, 11) is 0. The van der Waals surface area contributed by atoms with Crippen molar-refractivity contribution in [3.63, 3.8) is 0 Å². The number of allylic oxidation sites excluding steroid dienone is 1. The van der Waals surface area contributed by atoms with E-state index in [1.807, 2.05) is 42.5 Å². The lowest BCUT2D eigenvalue weighted by Crippen LogP contribution is -2.23. The molecule has 0 saturated heterocycles. The van der Waals surface area contributed by atoms with Gasteiger partial charge in [-0.1, -0.05) is 66.7 Å². The lowest BCUT2D eigenvalue weighted by molar-refractivity contribution is -0.389. The van der Waals surface area contributed by atoms with E-state index in [0.717, 1.165) is 37.4 Å². The highest BCUT2D eigenvalue weighted by molar-refractivity contribution is 8.03. The molecule has 3 aromatic rings. The minimum Gasteiger partial charge on any atom is -0.618 e. The molecule has 0 unspecified atom stereocenters. The molecule has 1 aliphatic rings. The van der Waals surface area contributed by atoms with Gasteiger partial charge in [0.1, 0.15) is 4.91 Å². The van der Waals surface area contributed by atoms with Crippen molar-refractivity contribution < 1.29 is 4.74 Å². The summed E-state index contributed by atoms with van der Waals surface area (Å²) in [6, 6.07) is 24.6. The molecule has 4 rings (SSSR count). The van der Waals surface area contributed by atoms with E-state index in [4.69, 9.17) is 0 Å². The molecule has 0 fully saturated rings. The molecular weight excluding hydrogens is 302 g/mol.